The molecular weight excluding hydrogens is 252 g/mol. The summed E-state index contributed by atoms with van der Waals surface area (Å²) in [7, 11) is 0. The highest BCUT2D eigenvalue weighted by molar-refractivity contribution is 7.99. The van der Waals surface area contributed by atoms with Gasteiger partial charge in [0.2, 0.25) is 0 Å². The van der Waals surface area contributed by atoms with Gasteiger partial charge in [-0.1, -0.05) is 6.92 Å². The normalized spacial score (nSPS) is 31.4. The number of allylic oxidation sites excluding steroid dienone is 1. The average molecular weight is 270 g/mol. The first-order valence-corrected chi connectivity index (χ1v) is 7.50. The van der Waals surface area contributed by atoms with Gasteiger partial charge in [-0.2, -0.15) is 11.8 Å². The molecule has 0 bridgehead atoms. The van der Waals surface area contributed by atoms with Crippen molar-refractivity contribution in [2.45, 2.75) is 44.6 Å². The molecule has 1 spiro atoms. The van der Waals surface area contributed by atoms with Crippen molar-refractivity contribution in [3.63, 3.8) is 0 Å². The summed E-state index contributed by atoms with van der Waals surface area (Å²) < 4.78 is 5.47. The lowest BCUT2D eigenvalue weighted by atomic mass is 9.87. The van der Waals surface area contributed by atoms with E-state index in [0.29, 0.717) is 18.6 Å². The number of aliphatic hydroxyl groups excluding tert-OH is 1. The summed E-state index contributed by atoms with van der Waals surface area (Å²) in [5.41, 5.74) is -0.745. The second kappa shape index (κ2) is 5.34. The second-order valence-corrected chi connectivity index (χ2v) is 6.01. The van der Waals surface area contributed by atoms with Gasteiger partial charge in [0, 0.05) is 12.2 Å². The molecule has 0 saturated carbocycles. The fraction of sp³-hybridized carbons (Fsp3) is 0.692. The maximum atomic E-state index is 12.1. The number of carbonyl (C=O) groups excluding carboxylic acids is 2. The molecule has 5 heteroatoms. The van der Waals surface area contributed by atoms with Crippen LogP contribution in [0.1, 0.15) is 39.0 Å². The highest BCUT2D eigenvalue weighted by Crippen LogP contribution is 2.38. The fourth-order valence-electron chi connectivity index (χ4n) is 2.47. The van der Waals surface area contributed by atoms with E-state index in [1.807, 2.05) is 6.92 Å². The number of ketones is 1. The summed E-state index contributed by atoms with van der Waals surface area (Å²) in [6.07, 6.45) is 2.97. The van der Waals surface area contributed by atoms with E-state index in [2.05, 4.69) is 0 Å². The molecule has 2 saturated heterocycles. The third kappa shape index (κ3) is 2.55. The van der Waals surface area contributed by atoms with E-state index in [1.54, 1.807) is 11.8 Å². The Labute approximate surface area is 111 Å². The first kappa shape index (κ1) is 13.5. The Morgan fingerprint density at radius 3 is 2.83 bits per heavy atom. The number of carbonyl (C=O) groups is 2. The van der Waals surface area contributed by atoms with Crippen molar-refractivity contribution in [3.05, 3.63) is 11.3 Å². The van der Waals surface area contributed by atoms with E-state index in [4.69, 9.17) is 4.74 Å². The molecule has 1 unspecified atom stereocenters. The van der Waals surface area contributed by atoms with Crippen molar-refractivity contribution in [2.75, 3.05) is 11.5 Å². The van der Waals surface area contributed by atoms with Gasteiger partial charge in [-0.3, -0.25) is 4.79 Å². The Kier molecular flexibility index (Phi) is 4.00. The Morgan fingerprint density at radius 1 is 1.50 bits per heavy atom. The maximum absolute atomic E-state index is 12.1. The standard InChI is InChI=1S/C13H18O4S/c1-2-4-9(14)11-10(15)7-13(17-12(11)16)5-3-6-18-8-13/h14H,2-8H2,1H3. The third-order valence-electron chi connectivity index (χ3n) is 3.34. The largest absolute Gasteiger partial charge is 0.511 e. The number of thioether (sulfide) groups is 1. The number of ether oxygens (including phenoxy) is 1. The molecule has 0 amide bonds. The molecule has 0 aliphatic carbocycles. The van der Waals surface area contributed by atoms with Crippen molar-refractivity contribution in [2.24, 2.45) is 0 Å². The van der Waals surface area contributed by atoms with Crippen LogP contribution in [0.3, 0.4) is 0 Å². The van der Waals surface area contributed by atoms with Crippen molar-refractivity contribution < 1.29 is 19.4 Å². The van der Waals surface area contributed by atoms with E-state index in [1.165, 1.54) is 0 Å². The zero-order chi connectivity index (χ0) is 13.2. The predicted molar refractivity (Wildman–Crippen MR) is 69.6 cm³/mol. The van der Waals surface area contributed by atoms with Gasteiger partial charge in [-0.25, -0.2) is 4.79 Å². The molecule has 0 radical (unpaired) electrons. The third-order valence-corrected chi connectivity index (χ3v) is 4.64. The van der Waals surface area contributed by atoms with Gasteiger partial charge >= 0.3 is 5.97 Å². The summed E-state index contributed by atoms with van der Waals surface area (Å²) in [4.78, 5) is 24.0. The van der Waals surface area contributed by atoms with E-state index >= 15 is 0 Å². The van der Waals surface area contributed by atoms with Crippen molar-refractivity contribution >= 4 is 23.5 Å². The Hall–Kier alpha value is -0.970. The van der Waals surface area contributed by atoms with Gasteiger partial charge in [-0.05, 0) is 25.0 Å². The number of Topliss-reactive ketones (excluding diaryl/α,β-unsaturated/α-hetero) is 1. The minimum absolute atomic E-state index is 0.120. The average Bonchev–Trinajstić information content (AvgIpc) is 2.28. The smallest absolute Gasteiger partial charge is 0.345 e. The molecular formula is C13H18O4S. The van der Waals surface area contributed by atoms with Crippen LogP contribution in [0.5, 0.6) is 0 Å². The van der Waals surface area contributed by atoms with Crippen LogP contribution in [0.2, 0.25) is 0 Å². The van der Waals surface area contributed by atoms with Gasteiger partial charge in [0.1, 0.15) is 16.9 Å². The zero-order valence-electron chi connectivity index (χ0n) is 10.5. The Morgan fingerprint density at radius 2 is 2.28 bits per heavy atom. The van der Waals surface area contributed by atoms with Gasteiger partial charge in [0.25, 0.3) is 0 Å². The highest BCUT2D eigenvalue weighted by Gasteiger charge is 2.46. The second-order valence-electron chi connectivity index (χ2n) is 4.90. The number of hydrogen-bond donors (Lipinski definition) is 1. The number of hydrogen-bond acceptors (Lipinski definition) is 5. The highest BCUT2D eigenvalue weighted by atomic mass is 32.2. The van der Waals surface area contributed by atoms with E-state index < -0.39 is 11.6 Å². The molecule has 0 aromatic carbocycles. The Balaban J connectivity index is 2.20. The van der Waals surface area contributed by atoms with Crippen molar-refractivity contribution in [3.8, 4) is 0 Å². The first-order chi connectivity index (χ1) is 8.58. The van der Waals surface area contributed by atoms with Crippen molar-refractivity contribution in [1.29, 1.82) is 0 Å². The van der Waals surface area contributed by atoms with E-state index in [9.17, 15) is 14.7 Å². The predicted octanol–water partition coefficient (Wildman–Crippen LogP) is 2.38. The van der Waals surface area contributed by atoms with Crippen LogP contribution in [0.15, 0.2) is 11.3 Å². The van der Waals surface area contributed by atoms with Crippen LogP contribution in [0.4, 0.5) is 0 Å². The first-order valence-electron chi connectivity index (χ1n) is 6.34. The molecule has 2 aliphatic rings. The molecule has 100 valence electrons. The molecule has 2 rings (SSSR count). The van der Waals surface area contributed by atoms with Gasteiger partial charge in [0.15, 0.2) is 5.78 Å². The molecule has 4 nitrogen and oxygen atoms in total. The van der Waals surface area contributed by atoms with E-state index in [0.717, 1.165) is 18.6 Å². The van der Waals surface area contributed by atoms with Crippen LogP contribution in [-0.4, -0.2) is 34.0 Å². The molecule has 2 fully saturated rings. The van der Waals surface area contributed by atoms with Crippen LogP contribution in [0, 0.1) is 0 Å². The van der Waals surface area contributed by atoms with Gasteiger partial charge in [-0.15, -0.1) is 0 Å². The Bertz CT molecular complexity index is 372. The molecule has 2 aliphatic heterocycles. The topological polar surface area (TPSA) is 63.6 Å². The van der Waals surface area contributed by atoms with Crippen LogP contribution in [0.25, 0.3) is 0 Å². The summed E-state index contributed by atoms with van der Waals surface area (Å²) in [6, 6.07) is 0. The van der Waals surface area contributed by atoms with Crippen LogP contribution < -0.4 is 0 Å². The minimum atomic E-state index is -0.639. The lowest BCUT2D eigenvalue weighted by Gasteiger charge is -2.39. The molecule has 2 heterocycles. The molecule has 0 aromatic rings. The number of aliphatic hydroxyl groups is 1. The minimum Gasteiger partial charge on any atom is -0.511 e. The van der Waals surface area contributed by atoms with E-state index in [-0.39, 0.29) is 23.5 Å². The lowest BCUT2D eigenvalue weighted by molar-refractivity contribution is -0.161. The maximum Gasteiger partial charge on any atom is 0.345 e. The number of esters is 1. The molecule has 0 aromatic heterocycles. The fourth-order valence-corrected chi connectivity index (χ4v) is 3.64. The zero-order valence-corrected chi connectivity index (χ0v) is 11.3. The monoisotopic (exact) mass is 270 g/mol. The lowest BCUT2D eigenvalue weighted by Crippen LogP contribution is -2.47. The summed E-state index contributed by atoms with van der Waals surface area (Å²) in [5, 5.41) is 9.75. The van der Waals surface area contributed by atoms with Crippen LogP contribution in [-0.2, 0) is 14.3 Å². The summed E-state index contributed by atoms with van der Waals surface area (Å²) in [6.45, 7) is 1.88. The number of rotatable bonds is 2. The molecule has 1 N–H and O–H groups in total. The summed E-state index contributed by atoms with van der Waals surface area (Å²) >= 11 is 1.72. The summed E-state index contributed by atoms with van der Waals surface area (Å²) in [5.74, 6) is 0.717. The molecule has 1 atom stereocenters. The van der Waals surface area contributed by atoms with Crippen LogP contribution >= 0.6 is 11.8 Å². The molecule has 18 heavy (non-hydrogen) atoms. The SMILES string of the molecule is CCCC(O)=C1C(=O)CC2(CCCSC2)OC1=O. The quantitative estimate of drug-likeness (QED) is 0.361. The van der Waals surface area contributed by atoms with Gasteiger partial charge in [0.05, 0.1) is 6.42 Å². The van der Waals surface area contributed by atoms with Crippen molar-refractivity contribution in [1.82, 2.24) is 0 Å². The van der Waals surface area contributed by atoms with Gasteiger partial charge < -0.3 is 9.84 Å².